The molecule has 0 saturated heterocycles. The summed E-state index contributed by atoms with van der Waals surface area (Å²) in [7, 11) is 0. The molecule has 0 saturated carbocycles. The first-order valence-corrected chi connectivity index (χ1v) is 6.46. The fraction of sp³-hybridized carbons (Fsp3) is 0.600. The zero-order valence-corrected chi connectivity index (χ0v) is 10.5. The first-order chi connectivity index (χ1) is 7.59. The van der Waals surface area contributed by atoms with Gasteiger partial charge in [-0.25, -0.2) is 0 Å². The molecule has 0 spiro atoms. The second-order valence-electron chi connectivity index (χ2n) is 6.06. The molecule has 0 bridgehead atoms. The smallest absolute Gasteiger partial charge is 0.0294 e. The first-order valence-electron chi connectivity index (χ1n) is 6.46. The van der Waals surface area contributed by atoms with Crippen LogP contribution in [-0.2, 0) is 5.41 Å². The van der Waals surface area contributed by atoms with Crippen molar-refractivity contribution in [1.29, 1.82) is 0 Å². The molecule has 1 N–H and O–H groups in total. The van der Waals surface area contributed by atoms with E-state index in [2.05, 4.69) is 44.3 Å². The fourth-order valence-corrected chi connectivity index (χ4v) is 3.45. The van der Waals surface area contributed by atoms with Crippen molar-refractivity contribution in [3.63, 3.8) is 0 Å². The molecule has 2 unspecified atom stereocenters. The quantitative estimate of drug-likeness (QED) is 0.698. The van der Waals surface area contributed by atoms with Crippen LogP contribution >= 0.6 is 0 Å². The summed E-state index contributed by atoms with van der Waals surface area (Å²) < 4.78 is 0. The van der Waals surface area contributed by atoms with Gasteiger partial charge in [0.05, 0.1) is 0 Å². The molecule has 1 aliphatic heterocycles. The van der Waals surface area contributed by atoms with Gasteiger partial charge in [-0.3, -0.25) is 0 Å². The summed E-state index contributed by atoms with van der Waals surface area (Å²) in [6, 6.07) is 7.43. The number of benzene rings is 1. The van der Waals surface area contributed by atoms with Crippen LogP contribution in [0.5, 0.6) is 0 Å². The van der Waals surface area contributed by atoms with Gasteiger partial charge in [-0.15, -0.1) is 0 Å². The summed E-state index contributed by atoms with van der Waals surface area (Å²) in [6.45, 7) is 8.24. The van der Waals surface area contributed by atoms with Crippen molar-refractivity contribution in [3.05, 3.63) is 34.9 Å². The molecular formula is C15H21N. The summed E-state index contributed by atoms with van der Waals surface area (Å²) in [5, 5.41) is 3.63. The van der Waals surface area contributed by atoms with Crippen LogP contribution in [-0.4, -0.2) is 6.54 Å². The van der Waals surface area contributed by atoms with Gasteiger partial charge >= 0.3 is 0 Å². The SMILES string of the molecule is CC1NCC2CCC(C)(C)c3cccc1c32. The highest BCUT2D eigenvalue weighted by atomic mass is 14.9. The molecule has 0 fully saturated rings. The Morgan fingerprint density at radius 3 is 2.94 bits per heavy atom. The van der Waals surface area contributed by atoms with E-state index >= 15 is 0 Å². The largest absolute Gasteiger partial charge is 0.310 e. The second kappa shape index (κ2) is 3.33. The Morgan fingerprint density at radius 2 is 2.12 bits per heavy atom. The lowest BCUT2D eigenvalue weighted by molar-refractivity contribution is 0.354. The van der Waals surface area contributed by atoms with Gasteiger partial charge in [0, 0.05) is 12.6 Å². The highest BCUT2D eigenvalue weighted by Gasteiger charge is 2.36. The zero-order chi connectivity index (χ0) is 11.3. The lowest BCUT2D eigenvalue weighted by Crippen LogP contribution is -2.38. The van der Waals surface area contributed by atoms with Crippen molar-refractivity contribution >= 4 is 0 Å². The monoisotopic (exact) mass is 215 g/mol. The van der Waals surface area contributed by atoms with Crippen molar-refractivity contribution < 1.29 is 0 Å². The van der Waals surface area contributed by atoms with Crippen LogP contribution in [0.1, 0.15) is 62.3 Å². The zero-order valence-electron chi connectivity index (χ0n) is 10.5. The van der Waals surface area contributed by atoms with E-state index in [9.17, 15) is 0 Å². The standard InChI is InChI=1S/C15H21N/c1-10-12-5-4-6-13-14(12)11(9-16-10)7-8-15(13,2)3/h4-6,10-11,16H,7-9H2,1-3H3. The van der Waals surface area contributed by atoms with Gasteiger partial charge in [0.2, 0.25) is 0 Å². The van der Waals surface area contributed by atoms with Crippen LogP contribution in [0.3, 0.4) is 0 Å². The minimum absolute atomic E-state index is 0.374. The number of hydrogen-bond donors (Lipinski definition) is 1. The average molecular weight is 215 g/mol. The Kier molecular flexibility index (Phi) is 2.16. The molecular weight excluding hydrogens is 194 g/mol. The van der Waals surface area contributed by atoms with Gasteiger partial charge in [0.15, 0.2) is 0 Å². The molecule has 1 aromatic rings. The van der Waals surface area contributed by atoms with Crippen LogP contribution in [0.25, 0.3) is 0 Å². The number of hydrogen-bond acceptors (Lipinski definition) is 1. The van der Waals surface area contributed by atoms with E-state index in [1.807, 2.05) is 0 Å². The molecule has 2 aliphatic rings. The summed E-state index contributed by atoms with van der Waals surface area (Å²) >= 11 is 0. The third kappa shape index (κ3) is 1.34. The predicted molar refractivity (Wildman–Crippen MR) is 67.9 cm³/mol. The van der Waals surface area contributed by atoms with E-state index in [-0.39, 0.29) is 0 Å². The molecule has 1 aliphatic carbocycles. The van der Waals surface area contributed by atoms with Crippen LogP contribution in [0.2, 0.25) is 0 Å². The first kappa shape index (κ1) is 10.3. The maximum absolute atomic E-state index is 3.63. The molecule has 16 heavy (non-hydrogen) atoms. The number of rotatable bonds is 0. The van der Waals surface area contributed by atoms with Gasteiger partial charge in [-0.2, -0.15) is 0 Å². The van der Waals surface area contributed by atoms with Gasteiger partial charge < -0.3 is 5.32 Å². The Morgan fingerprint density at radius 1 is 1.31 bits per heavy atom. The molecule has 0 aromatic heterocycles. The third-order valence-corrected chi connectivity index (χ3v) is 4.53. The lowest BCUT2D eigenvalue weighted by Gasteiger charge is -2.42. The topological polar surface area (TPSA) is 12.0 Å². The molecule has 1 heterocycles. The molecule has 1 nitrogen and oxygen atoms in total. The van der Waals surface area contributed by atoms with Crippen molar-refractivity contribution in [2.45, 2.75) is 51.0 Å². The van der Waals surface area contributed by atoms with E-state index in [4.69, 9.17) is 0 Å². The summed E-state index contributed by atoms with van der Waals surface area (Å²) in [6.07, 6.45) is 2.67. The second-order valence-corrected chi connectivity index (χ2v) is 6.06. The van der Waals surface area contributed by atoms with Crippen LogP contribution < -0.4 is 5.32 Å². The highest BCUT2D eigenvalue weighted by molar-refractivity contribution is 5.46. The maximum Gasteiger partial charge on any atom is 0.0294 e. The van der Waals surface area contributed by atoms with Crippen molar-refractivity contribution in [2.75, 3.05) is 6.54 Å². The molecule has 0 radical (unpaired) electrons. The van der Waals surface area contributed by atoms with Gasteiger partial charge in [-0.05, 0) is 47.8 Å². The van der Waals surface area contributed by atoms with Gasteiger partial charge in [0.1, 0.15) is 0 Å². The molecule has 3 rings (SSSR count). The molecule has 2 atom stereocenters. The van der Waals surface area contributed by atoms with Crippen LogP contribution in [0, 0.1) is 0 Å². The highest BCUT2D eigenvalue weighted by Crippen LogP contribution is 2.46. The average Bonchev–Trinajstić information content (AvgIpc) is 2.27. The van der Waals surface area contributed by atoms with E-state index in [0.29, 0.717) is 11.5 Å². The third-order valence-electron chi connectivity index (χ3n) is 4.53. The van der Waals surface area contributed by atoms with E-state index < -0.39 is 0 Å². The Labute approximate surface area is 98.3 Å². The summed E-state index contributed by atoms with van der Waals surface area (Å²) in [5.41, 5.74) is 5.19. The summed E-state index contributed by atoms with van der Waals surface area (Å²) in [5.74, 6) is 0.760. The Hall–Kier alpha value is -0.820. The molecule has 86 valence electrons. The van der Waals surface area contributed by atoms with Gasteiger partial charge in [-0.1, -0.05) is 32.0 Å². The Balaban J connectivity index is 2.23. The van der Waals surface area contributed by atoms with E-state index in [0.717, 1.165) is 5.92 Å². The van der Waals surface area contributed by atoms with E-state index in [1.54, 1.807) is 16.7 Å². The lowest BCUT2D eigenvalue weighted by atomic mass is 9.66. The van der Waals surface area contributed by atoms with Crippen LogP contribution in [0.15, 0.2) is 18.2 Å². The van der Waals surface area contributed by atoms with Crippen molar-refractivity contribution in [1.82, 2.24) is 5.32 Å². The van der Waals surface area contributed by atoms with Gasteiger partial charge in [0.25, 0.3) is 0 Å². The molecule has 1 aromatic carbocycles. The summed E-state index contributed by atoms with van der Waals surface area (Å²) in [4.78, 5) is 0. The van der Waals surface area contributed by atoms with Crippen LogP contribution in [0.4, 0.5) is 0 Å². The Bertz CT molecular complexity index is 419. The van der Waals surface area contributed by atoms with E-state index in [1.165, 1.54) is 19.4 Å². The van der Waals surface area contributed by atoms with Crippen molar-refractivity contribution in [2.24, 2.45) is 0 Å². The number of nitrogens with one attached hydrogen (secondary N) is 1. The maximum atomic E-state index is 3.63. The normalized spacial score (nSPS) is 30.9. The molecule has 0 amide bonds. The minimum atomic E-state index is 0.374. The predicted octanol–water partition coefficient (Wildman–Crippen LogP) is 3.51. The fourth-order valence-electron chi connectivity index (χ4n) is 3.45. The minimum Gasteiger partial charge on any atom is -0.310 e. The molecule has 1 heteroatoms. The van der Waals surface area contributed by atoms with Crippen molar-refractivity contribution in [3.8, 4) is 0 Å².